The van der Waals surface area contributed by atoms with E-state index in [0.717, 1.165) is 0 Å². The predicted molar refractivity (Wildman–Crippen MR) is 28.5 cm³/mol. The maximum Gasteiger partial charge on any atom is 1.00 e. The third-order valence-electron chi connectivity index (χ3n) is 0. The van der Waals surface area contributed by atoms with Crippen molar-refractivity contribution in [1.82, 2.24) is 0 Å². The van der Waals surface area contributed by atoms with Crippen molar-refractivity contribution in [2.45, 2.75) is 0 Å². The summed E-state index contributed by atoms with van der Waals surface area (Å²) in [5.74, 6) is 0. The predicted octanol–water partition coefficient (Wildman–Crippen LogP) is -5.00. The molecule has 0 aliphatic carbocycles. The minimum absolute atomic E-state index is 0. The van der Waals surface area contributed by atoms with E-state index in [0.29, 0.717) is 0 Å². The van der Waals surface area contributed by atoms with Gasteiger partial charge in [-0.1, -0.05) is 0 Å². The van der Waals surface area contributed by atoms with E-state index in [1.165, 1.54) is 0 Å². The molecule has 0 unspecified atom stereocenters. The minimum atomic E-state index is -4.67. The van der Waals surface area contributed by atoms with Gasteiger partial charge >= 0.3 is 40.0 Å². The van der Waals surface area contributed by atoms with Gasteiger partial charge in [0.2, 0.25) is 0 Å². The Morgan fingerprint density at radius 3 is 1.25 bits per heavy atom. The fourth-order valence-electron chi connectivity index (χ4n) is 0. The maximum absolute atomic E-state index is 8.74. The molecule has 12 heavy (non-hydrogen) atoms. The van der Waals surface area contributed by atoms with Gasteiger partial charge in [-0.05, 0) is 0 Å². The topological polar surface area (TPSA) is 199 Å². The number of nitrogens with zero attached hydrogens (tertiary/aromatic N) is 1. The van der Waals surface area contributed by atoms with E-state index in [-0.39, 0.29) is 40.5 Å². The van der Waals surface area contributed by atoms with Crippen molar-refractivity contribution in [2.24, 2.45) is 0 Å². The molecule has 0 spiro atoms. The fraction of sp³-hybridized carbons (Fsp3) is 0. The van der Waals surface area contributed by atoms with E-state index >= 15 is 0 Å². The molecule has 0 bridgehead atoms. The van der Waals surface area contributed by atoms with Crippen LogP contribution in [0.15, 0.2) is 0 Å². The molecule has 0 saturated carbocycles. The summed E-state index contributed by atoms with van der Waals surface area (Å²) in [5, 5.41) is 13.6. The summed E-state index contributed by atoms with van der Waals surface area (Å²) in [6.45, 7) is 0. The maximum atomic E-state index is 8.74. The first kappa shape index (κ1) is 29.6. The summed E-state index contributed by atoms with van der Waals surface area (Å²) in [5.41, 5.74) is 0. The molecule has 72 valence electrons. The van der Waals surface area contributed by atoms with E-state index in [4.69, 9.17) is 32.8 Å². The molecular formula is H6NNaO9S. The molecule has 12 heteroatoms. The van der Waals surface area contributed by atoms with Crippen LogP contribution >= 0.6 is 0 Å². The summed E-state index contributed by atoms with van der Waals surface area (Å²) >= 11 is 0. The minimum Gasteiger partial charge on any atom is -0.870 e. The van der Waals surface area contributed by atoms with Crippen LogP contribution in [0.25, 0.3) is 0 Å². The summed E-state index contributed by atoms with van der Waals surface area (Å²) in [6.07, 6.45) is 0. The van der Waals surface area contributed by atoms with Crippen molar-refractivity contribution in [3.8, 4) is 0 Å². The first-order valence-corrected chi connectivity index (χ1v) is 2.66. The molecule has 0 aromatic carbocycles. The van der Waals surface area contributed by atoms with Crippen LogP contribution in [0.1, 0.15) is 0 Å². The fourth-order valence-corrected chi connectivity index (χ4v) is 0. The molecule has 0 aliphatic heterocycles. The van der Waals surface area contributed by atoms with E-state index in [1.807, 2.05) is 0 Å². The molecule has 0 aromatic heterocycles. The zero-order chi connectivity index (χ0) is 8.08. The summed E-state index contributed by atoms with van der Waals surface area (Å²) in [7, 11) is -4.67. The van der Waals surface area contributed by atoms with E-state index in [9.17, 15) is 0 Å². The molecule has 0 rings (SSSR count). The van der Waals surface area contributed by atoms with Crippen molar-refractivity contribution < 1.29 is 68.3 Å². The summed E-state index contributed by atoms with van der Waals surface area (Å²) < 4.78 is 31.6. The second-order valence-electron chi connectivity index (χ2n) is 0.686. The Morgan fingerprint density at radius 1 is 1.25 bits per heavy atom. The summed E-state index contributed by atoms with van der Waals surface area (Å²) in [4.78, 5) is 8.36. The Balaban J connectivity index is -0.0000000221. The molecule has 0 heterocycles. The molecule has 10 nitrogen and oxygen atoms in total. The van der Waals surface area contributed by atoms with Crippen LogP contribution < -0.4 is 29.6 Å². The second kappa shape index (κ2) is 13.6. The van der Waals surface area contributed by atoms with Crippen molar-refractivity contribution in [3.05, 3.63) is 10.1 Å². The standard InChI is InChI=1S/HNO3.Na.H2O4S.2H2O/c2-1(3)4;;1-5(2,3)4;;/h(H,2,3,4);;(H2,1,2,3,4);2*1H2/q;+1;;;/p-1. The van der Waals surface area contributed by atoms with Crippen LogP contribution in [0.5, 0.6) is 0 Å². The van der Waals surface area contributed by atoms with Gasteiger partial charge in [0, 0.05) is 0 Å². The molecule has 0 aliphatic rings. The van der Waals surface area contributed by atoms with Gasteiger partial charge in [-0.25, -0.2) is 0 Å². The van der Waals surface area contributed by atoms with Gasteiger partial charge in [-0.3, -0.25) is 9.11 Å². The molecule has 0 saturated heterocycles. The third kappa shape index (κ3) is 8070000. The number of hydrogen-bond acceptors (Lipinski definition) is 5. The average Bonchev–Trinajstić information content (AvgIpc) is 1.19. The largest absolute Gasteiger partial charge is 1.00 e. The van der Waals surface area contributed by atoms with Crippen molar-refractivity contribution >= 4 is 10.4 Å². The van der Waals surface area contributed by atoms with Crippen LogP contribution in [0.2, 0.25) is 0 Å². The quantitative estimate of drug-likeness (QED) is 0.155. The van der Waals surface area contributed by atoms with Gasteiger partial charge in [0.25, 0.3) is 5.09 Å². The first-order chi connectivity index (χ1) is 3.73. The third-order valence-corrected chi connectivity index (χ3v) is 0. The zero-order valence-electron chi connectivity index (χ0n) is 5.78. The Labute approximate surface area is 88.8 Å². The van der Waals surface area contributed by atoms with E-state index in [2.05, 4.69) is 0 Å². The smallest absolute Gasteiger partial charge is 0.870 e. The van der Waals surface area contributed by atoms with Crippen molar-refractivity contribution in [1.29, 1.82) is 0 Å². The number of rotatable bonds is 0. The summed E-state index contributed by atoms with van der Waals surface area (Å²) in [6, 6.07) is 0. The molecule has 0 atom stereocenters. The molecule has 0 radical (unpaired) electrons. The van der Waals surface area contributed by atoms with Gasteiger partial charge in [0.15, 0.2) is 0 Å². The molecule has 6 N–H and O–H groups in total. The monoisotopic (exact) mass is 219 g/mol. The SMILES string of the molecule is O.O=S(=O)(O)O.O=[N+]([O-])O.[Na+].[OH-]. The Hall–Kier alpha value is -0.01000. The normalized spacial score (nSPS) is 6.83. The van der Waals surface area contributed by atoms with Crippen molar-refractivity contribution in [3.63, 3.8) is 0 Å². The first-order valence-electron chi connectivity index (χ1n) is 1.26. The second-order valence-corrected chi connectivity index (χ2v) is 1.58. The van der Waals surface area contributed by atoms with Crippen LogP contribution in [0, 0.1) is 10.1 Å². The van der Waals surface area contributed by atoms with Gasteiger partial charge in [0.1, 0.15) is 0 Å². The Bertz CT molecular complexity index is 157. The van der Waals surface area contributed by atoms with E-state index in [1.54, 1.807) is 0 Å². The van der Waals surface area contributed by atoms with Gasteiger partial charge in [-0.2, -0.15) is 8.42 Å². The van der Waals surface area contributed by atoms with Gasteiger partial charge in [-0.15, -0.1) is 10.1 Å². The van der Waals surface area contributed by atoms with Crippen molar-refractivity contribution in [2.75, 3.05) is 0 Å². The Morgan fingerprint density at radius 2 is 1.25 bits per heavy atom. The molecule has 0 amide bonds. The number of hydrogen-bond donors (Lipinski definition) is 3. The van der Waals surface area contributed by atoms with Crippen LogP contribution in [-0.4, -0.2) is 38.8 Å². The van der Waals surface area contributed by atoms with Crippen LogP contribution in [-0.2, 0) is 10.4 Å². The van der Waals surface area contributed by atoms with Gasteiger partial charge in [0.05, 0.1) is 0 Å². The van der Waals surface area contributed by atoms with Gasteiger partial charge < -0.3 is 16.2 Å². The van der Waals surface area contributed by atoms with E-state index < -0.39 is 15.5 Å². The Kier molecular flexibility index (Phi) is 33.5. The van der Waals surface area contributed by atoms with Crippen LogP contribution in [0.4, 0.5) is 0 Å². The zero-order valence-corrected chi connectivity index (χ0v) is 8.59. The molecular weight excluding hydrogens is 213 g/mol. The average molecular weight is 219 g/mol. The van der Waals surface area contributed by atoms with Crippen LogP contribution in [0.3, 0.4) is 0 Å². The molecule has 0 fully saturated rings. The molecule has 0 aromatic rings.